The van der Waals surface area contributed by atoms with Crippen molar-refractivity contribution in [3.8, 4) is 0 Å². The van der Waals surface area contributed by atoms with Gasteiger partial charge >= 0.3 is 0 Å². The average molecular weight is 272 g/mol. The summed E-state index contributed by atoms with van der Waals surface area (Å²) in [4.78, 5) is 14.5. The van der Waals surface area contributed by atoms with E-state index in [2.05, 4.69) is 15.5 Å². The van der Waals surface area contributed by atoms with Gasteiger partial charge in [-0.15, -0.1) is 0 Å². The second kappa shape index (κ2) is 5.63. The second-order valence-electron chi connectivity index (χ2n) is 5.25. The molecule has 0 bridgehead atoms. The number of aromatic nitrogens is 2. The molecule has 5 heteroatoms. The summed E-state index contributed by atoms with van der Waals surface area (Å²) in [6.07, 6.45) is 2.34. The van der Waals surface area contributed by atoms with Crippen LogP contribution in [0, 0.1) is 0 Å². The van der Waals surface area contributed by atoms with Crippen LogP contribution in [0.1, 0.15) is 30.3 Å². The first-order valence-electron chi connectivity index (χ1n) is 7.25. The first-order valence-corrected chi connectivity index (χ1v) is 7.25. The first kappa shape index (κ1) is 13.1. The minimum Gasteiger partial charge on any atom is -0.336 e. The quantitative estimate of drug-likeness (QED) is 0.892. The largest absolute Gasteiger partial charge is 0.336 e. The van der Waals surface area contributed by atoms with Crippen molar-refractivity contribution in [2.45, 2.75) is 25.8 Å². The Morgan fingerprint density at radius 1 is 1.45 bits per heavy atom. The lowest BCUT2D eigenvalue weighted by molar-refractivity contribution is 0.0747. The SMILES string of the molecule is CCN(CC1CCCN1)C(=O)c1n[nH]c2ccccc12. The van der Waals surface area contributed by atoms with Crippen LogP contribution in [0.15, 0.2) is 24.3 Å². The number of carbonyl (C=O) groups excluding carboxylic acids is 1. The maximum atomic E-state index is 12.7. The Labute approximate surface area is 118 Å². The summed E-state index contributed by atoms with van der Waals surface area (Å²) >= 11 is 0. The van der Waals surface area contributed by atoms with Gasteiger partial charge in [-0.25, -0.2) is 0 Å². The number of carbonyl (C=O) groups is 1. The Hall–Kier alpha value is -1.88. The van der Waals surface area contributed by atoms with Crippen LogP contribution in [-0.2, 0) is 0 Å². The van der Waals surface area contributed by atoms with E-state index in [9.17, 15) is 4.79 Å². The minimum atomic E-state index is 0.0126. The van der Waals surface area contributed by atoms with Gasteiger partial charge in [0.25, 0.3) is 5.91 Å². The fourth-order valence-electron chi connectivity index (χ4n) is 2.81. The molecule has 0 spiro atoms. The number of para-hydroxylation sites is 1. The van der Waals surface area contributed by atoms with Crippen molar-refractivity contribution in [2.75, 3.05) is 19.6 Å². The number of benzene rings is 1. The van der Waals surface area contributed by atoms with Gasteiger partial charge in [0.05, 0.1) is 5.52 Å². The van der Waals surface area contributed by atoms with Gasteiger partial charge in [-0.05, 0) is 32.4 Å². The summed E-state index contributed by atoms with van der Waals surface area (Å²) in [5.74, 6) is 0.0126. The molecule has 0 saturated carbocycles. The van der Waals surface area contributed by atoms with Crippen molar-refractivity contribution in [2.24, 2.45) is 0 Å². The highest BCUT2D eigenvalue weighted by molar-refractivity contribution is 6.04. The van der Waals surface area contributed by atoms with Crippen molar-refractivity contribution in [3.63, 3.8) is 0 Å². The number of likely N-dealkylation sites (N-methyl/N-ethyl adjacent to an activating group) is 1. The zero-order valence-corrected chi connectivity index (χ0v) is 11.7. The minimum absolute atomic E-state index is 0.0126. The van der Waals surface area contributed by atoms with Crippen LogP contribution >= 0.6 is 0 Å². The van der Waals surface area contributed by atoms with Gasteiger partial charge in [0.1, 0.15) is 0 Å². The summed E-state index contributed by atoms with van der Waals surface area (Å²) in [5.41, 5.74) is 1.44. The van der Waals surface area contributed by atoms with Crippen molar-refractivity contribution < 1.29 is 4.79 Å². The number of H-pyrrole nitrogens is 1. The highest BCUT2D eigenvalue weighted by atomic mass is 16.2. The highest BCUT2D eigenvalue weighted by Gasteiger charge is 2.24. The lowest BCUT2D eigenvalue weighted by Crippen LogP contribution is -2.41. The van der Waals surface area contributed by atoms with E-state index in [1.807, 2.05) is 36.1 Å². The van der Waals surface area contributed by atoms with Gasteiger partial charge in [0.15, 0.2) is 5.69 Å². The monoisotopic (exact) mass is 272 g/mol. The number of hydrogen-bond donors (Lipinski definition) is 2. The van der Waals surface area contributed by atoms with E-state index < -0.39 is 0 Å². The lowest BCUT2D eigenvalue weighted by atomic mass is 10.1. The molecule has 1 saturated heterocycles. The fraction of sp³-hybridized carbons (Fsp3) is 0.467. The van der Waals surface area contributed by atoms with E-state index in [-0.39, 0.29) is 5.91 Å². The normalized spacial score (nSPS) is 18.6. The molecule has 1 unspecified atom stereocenters. The van der Waals surface area contributed by atoms with Gasteiger partial charge in [-0.2, -0.15) is 5.10 Å². The Balaban J connectivity index is 1.82. The molecule has 0 aliphatic carbocycles. The van der Waals surface area contributed by atoms with Crippen LogP contribution in [0.2, 0.25) is 0 Å². The van der Waals surface area contributed by atoms with E-state index in [0.717, 1.165) is 30.4 Å². The third kappa shape index (κ3) is 2.41. The Morgan fingerprint density at radius 3 is 3.05 bits per heavy atom. The summed E-state index contributed by atoms with van der Waals surface area (Å²) < 4.78 is 0. The van der Waals surface area contributed by atoms with Crippen LogP contribution in [0.5, 0.6) is 0 Å². The van der Waals surface area contributed by atoms with Crippen LogP contribution in [0.3, 0.4) is 0 Å². The van der Waals surface area contributed by atoms with Crippen molar-refractivity contribution in [3.05, 3.63) is 30.0 Å². The molecule has 1 fully saturated rings. The molecule has 1 aliphatic heterocycles. The maximum absolute atomic E-state index is 12.7. The Morgan fingerprint density at radius 2 is 2.30 bits per heavy atom. The summed E-state index contributed by atoms with van der Waals surface area (Å²) in [6.45, 7) is 4.54. The molecule has 106 valence electrons. The van der Waals surface area contributed by atoms with E-state index in [1.54, 1.807) is 0 Å². The molecule has 3 rings (SSSR count). The molecular weight excluding hydrogens is 252 g/mol. The number of nitrogens with zero attached hydrogens (tertiary/aromatic N) is 2. The van der Waals surface area contributed by atoms with Crippen LogP contribution in [-0.4, -0.2) is 46.7 Å². The molecule has 2 heterocycles. The zero-order valence-electron chi connectivity index (χ0n) is 11.7. The van der Waals surface area contributed by atoms with Crippen molar-refractivity contribution in [1.82, 2.24) is 20.4 Å². The number of hydrogen-bond acceptors (Lipinski definition) is 3. The van der Waals surface area contributed by atoms with Gasteiger partial charge in [0.2, 0.25) is 0 Å². The number of amides is 1. The average Bonchev–Trinajstić information content (AvgIpc) is 3.13. The van der Waals surface area contributed by atoms with E-state index >= 15 is 0 Å². The van der Waals surface area contributed by atoms with Crippen molar-refractivity contribution in [1.29, 1.82) is 0 Å². The molecule has 1 aromatic heterocycles. The molecule has 1 amide bonds. The summed E-state index contributed by atoms with van der Waals surface area (Å²) in [5, 5.41) is 11.5. The van der Waals surface area contributed by atoms with Crippen molar-refractivity contribution >= 4 is 16.8 Å². The molecule has 20 heavy (non-hydrogen) atoms. The number of fused-ring (bicyclic) bond motifs is 1. The van der Waals surface area contributed by atoms with Gasteiger partial charge in [-0.3, -0.25) is 9.89 Å². The third-order valence-electron chi connectivity index (χ3n) is 3.95. The molecule has 2 N–H and O–H groups in total. The van der Waals surface area contributed by atoms with E-state index in [1.165, 1.54) is 6.42 Å². The lowest BCUT2D eigenvalue weighted by Gasteiger charge is -2.23. The predicted molar refractivity (Wildman–Crippen MR) is 78.7 cm³/mol. The zero-order chi connectivity index (χ0) is 13.9. The predicted octanol–water partition coefficient (Wildman–Crippen LogP) is 1.78. The van der Waals surface area contributed by atoms with Crippen LogP contribution < -0.4 is 5.32 Å². The maximum Gasteiger partial charge on any atom is 0.275 e. The Kier molecular flexibility index (Phi) is 3.69. The molecule has 0 radical (unpaired) electrons. The van der Waals surface area contributed by atoms with Crippen LogP contribution in [0.4, 0.5) is 0 Å². The van der Waals surface area contributed by atoms with E-state index in [0.29, 0.717) is 18.3 Å². The smallest absolute Gasteiger partial charge is 0.275 e. The fourth-order valence-corrected chi connectivity index (χ4v) is 2.81. The molecule has 5 nitrogen and oxygen atoms in total. The standard InChI is InChI=1S/C15H20N4O/c1-2-19(10-11-6-5-9-16-11)15(20)14-12-7-3-4-8-13(12)17-18-14/h3-4,7-8,11,16H,2,5-6,9-10H2,1H3,(H,17,18). The number of aromatic amines is 1. The number of nitrogens with one attached hydrogen (secondary N) is 2. The third-order valence-corrected chi connectivity index (χ3v) is 3.95. The molecular formula is C15H20N4O. The summed E-state index contributed by atoms with van der Waals surface area (Å²) in [6, 6.07) is 8.17. The molecule has 1 atom stereocenters. The van der Waals surface area contributed by atoms with E-state index in [4.69, 9.17) is 0 Å². The molecule has 2 aromatic rings. The van der Waals surface area contributed by atoms with Gasteiger partial charge in [-0.1, -0.05) is 18.2 Å². The molecule has 1 aliphatic rings. The second-order valence-corrected chi connectivity index (χ2v) is 5.25. The van der Waals surface area contributed by atoms with Gasteiger partial charge in [0, 0.05) is 24.5 Å². The molecule has 1 aromatic carbocycles. The number of rotatable bonds is 4. The Bertz CT molecular complexity index is 601. The highest BCUT2D eigenvalue weighted by Crippen LogP contribution is 2.17. The van der Waals surface area contributed by atoms with Gasteiger partial charge < -0.3 is 10.2 Å². The summed E-state index contributed by atoms with van der Waals surface area (Å²) in [7, 11) is 0. The van der Waals surface area contributed by atoms with Crippen LogP contribution in [0.25, 0.3) is 10.9 Å². The first-order chi connectivity index (χ1) is 9.79. The topological polar surface area (TPSA) is 61.0 Å².